The first-order valence-electron chi connectivity index (χ1n) is 5.30. The minimum Gasteiger partial charge on any atom is -0.347 e. The van der Waals surface area contributed by atoms with E-state index in [-0.39, 0.29) is 18.4 Å². The maximum atomic E-state index is 11.7. The predicted molar refractivity (Wildman–Crippen MR) is 65.1 cm³/mol. The van der Waals surface area contributed by atoms with Gasteiger partial charge in [-0.2, -0.15) is 0 Å². The Morgan fingerprint density at radius 2 is 1.88 bits per heavy atom. The van der Waals surface area contributed by atoms with E-state index in [2.05, 4.69) is 5.32 Å². The number of amides is 2. The Morgan fingerprint density at radius 3 is 2.41 bits per heavy atom. The molecular weight excluding hydrogens is 218 g/mol. The molecule has 0 aliphatic rings. The Morgan fingerprint density at radius 1 is 1.29 bits per heavy atom. The van der Waals surface area contributed by atoms with Crippen LogP contribution in [0.15, 0.2) is 30.3 Å². The number of likely N-dealkylation sites (N-methyl/N-ethyl adjacent to an activating group) is 1. The molecular formula is C12H17N3O2. The maximum Gasteiger partial charge on any atom is 0.241 e. The molecule has 2 amide bonds. The van der Waals surface area contributed by atoms with Gasteiger partial charge in [-0.25, -0.2) is 0 Å². The first-order valence-corrected chi connectivity index (χ1v) is 5.30. The molecule has 0 unspecified atom stereocenters. The molecule has 0 saturated carbocycles. The summed E-state index contributed by atoms with van der Waals surface area (Å²) < 4.78 is 0. The lowest BCUT2D eigenvalue weighted by Gasteiger charge is -2.14. The van der Waals surface area contributed by atoms with Crippen molar-refractivity contribution >= 4 is 11.8 Å². The molecule has 1 aromatic carbocycles. The summed E-state index contributed by atoms with van der Waals surface area (Å²) in [5, 5.41) is 2.51. The molecule has 0 aromatic heterocycles. The molecule has 3 N–H and O–H groups in total. The lowest BCUT2D eigenvalue weighted by atomic mass is 10.1. The molecule has 5 heteroatoms. The van der Waals surface area contributed by atoms with Crippen LogP contribution in [0.5, 0.6) is 0 Å². The molecule has 1 atom stereocenters. The molecule has 0 aliphatic carbocycles. The van der Waals surface area contributed by atoms with Gasteiger partial charge in [0.25, 0.3) is 0 Å². The van der Waals surface area contributed by atoms with E-state index in [1.807, 2.05) is 18.2 Å². The van der Waals surface area contributed by atoms with E-state index in [4.69, 9.17) is 5.73 Å². The molecule has 1 rings (SSSR count). The van der Waals surface area contributed by atoms with Gasteiger partial charge in [0.1, 0.15) is 6.04 Å². The van der Waals surface area contributed by atoms with Crippen molar-refractivity contribution in [2.24, 2.45) is 5.73 Å². The number of hydrogen-bond acceptors (Lipinski definition) is 3. The molecule has 0 spiro atoms. The molecule has 1 aromatic rings. The highest BCUT2D eigenvalue weighted by Crippen LogP contribution is 2.08. The van der Waals surface area contributed by atoms with Crippen LogP contribution in [0, 0.1) is 0 Å². The molecule has 0 aliphatic heterocycles. The summed E-state index contributed by atoms with van der Waals surface area (Å²) >= 11 is 0. The van der Waals surface area contributed by atoms with Crippen molar-refractivity contribution < 1.29 is 9.59 Å². The zero-order chi connectivity index (χ0) is 12.8. The molecule has 92 valence electrons. The summed E-state index contributed by atoms with van der Waals surface area (Å²) in [6.07, 6.45) is 0. The van der Waals surface area contributed by atoms with E-state index < -0.39 is 6.04 Å². The summed E-state index contributed by atoms with van der Waals surface area (Å²) in [6, 6.07) is 8.28. The van der Waals surface area contributed by atoms with Crippen LogP contribution in [0.4, 0.5) is 0 Å². The van der Waals surface area contributed by atoms with Gasteiger partial charge in [-0.3, -0.25) is 9.59 Å². The summed E-state index contributed by atoms with van der Waals surface area (Å²) in [4.78, 5) is 24.4. The van der Waals surface area contributed by atoms with Crippen molar-refractivity contribution in [3.63, 3.8) is 0 Å². The fraction of sp³-hybridized carbons (Fsp3) is 0.333. The zero-order valence-electron chi connectivity index (χ0n) is 10.0. The van der Waals surface area contributed by atoms with Crippen molar-refractivity contribution in [3.05, 3.63) is 35.9 Å². The van der Waals surface area contributed by atoms with E-state index in [0.717, 1.165) is 5.56 Å². The highest BCUT2D eigenvalue weighted by Gasteiger charge is 2.16. The summed E-state index contributed by atoms with van der Waals surface area (Å²) in [5.41, 5.74) is 6.49. The van der Waals surface area contributed by atoms with Crippen LogP contribution in [-0.4, -0.2) is 37.4 Å². The number of carbonyl (C=O) groups excluding carboxylic acids is 2. The summed E-state index contributed by atoms with van der Waals surface area (Å²) in [5.74, 6) is -0.523. The monoisotopic (exact) mass is 235 g/mol. The van der Waals surface area contributed by atoms with Crippen LogP contribution >= 0.6 is 0 Å². The van der Waals surface area contributed by atoms with Gasteiger partial charge in [0.05, 0.1) is 6.54 Å². The normalized spacial score (nSPS) is 11.7. The van der Waals surface area contributed by atoms with E-state index in [0.29, 0.717) is 0 Å². The average Bonchev–Trinajstić information content (AvgIpc) is 2.35. The molecule has 0 radical (unpaired) electrons. The Kier molecular flexibility index (Phi) is 4.66. The highest BCUT2D eigenvalue weighted by molar-refractivity contribution is 5.87. The van der Waals surface area contributed by atoms with Crippen LogP contribution < -0.4 is 11.1 Å². The standard InChI is InChI=1S/C12H17N3O2/c1-15(2)10(16)8-14-12(17)11(13)9-6-4-3-5-7-9/h3-7,11H,8,13H2,1-2H3,(H,14,17)/t11-/m1/s1. The number of hydrogen-bond donors (Lipinski definition) is 2. The number of nitrogens with two attached hydrogens (primary N) is 1. The van der Waals surface area contributed by atoms with Crippen molar-refractivity contribution in [1.82, 2.24) is 10.2 Å². The first kappa shape index (κ1) is 13.2. The molecule has 0 fully saturated rings. The first-order chi connectivity index (χ1) is 8.02. The number of benzene rings is 1. The Hall–Kier alpha value is -1.88. The van der Waals surface area contributed by atoms with Crippen LogP contribution in [-0.2, 0) is 9.59 Å². The number of nitrogens with one attached hydrogen (secondary N) is 1. The van der Waals surface area contributed by atoms with Gasteiger partial charge >= 0.3 is 0 Å². The lowest BCUT2D eigenvalue weighted by Crippen LogP contribution is -2.40. The summed E-state index contributed by atoms with van der Waals surface area (Å²) in [6.45, 7) is -0.0354. The fourth-order valence-corrected chi connectivity index (χ4v) is 1.24. The van der Waals surface area contributed by atoms with Crippen LogP contribution in [0.1, 0.15) is 11.6 Å². The molecule has 17 heavy (non-hydrogen) atoms. The Balaban J connectivity index is 2.51. The van der Waals surface area contributed by atoms with Crippen molar-refractivity contribution in [1.29, 1.82) is 0 Å². The van der Waals surface area contributed by atoms with Crippen molar-refractivity contribution in [2.45, 2.75) is 6.04 Å². The molecule has 5 nitrogen and oxygen atoms in total. The largest absolute Gasteiger partial charge is 0.347 e. The number of rotatable bonds is 4. The number of nitrogens with zero attached hydrogens (tertiary/aromatic N) is 1. The Bertz CT molecular complexity index is 390. The van der Waals surface area contributed by atoms with Crippen LogP contribution in [0.3, 0.4) is 0 Å². The van der Waals surface area contributed by atoms with Crippen molar-refractivity contribution in [2.75, 3.05) is 20.6 Å². The fourth-order valence-electron chi connectivity index (χ4n) is 1.24. The van der Waals surface area contributed by atoms with Gasteiger partial charge in [-0.1, -0.05) is 30.3 Å². The van der Waals surface area contributed by atoms with E-state index in [1.54, 1.807) is 26.2 Å². The third-order valence-corrected chi connectivity index (χ3v) is 2.35. The van der Waals surface area contributed by atoms with Crippen molar-refractivity contribution in [3.8, 4) is 0 Å². The average molecular weight is 235 g/mol. The second-order valence-corrected chi connectivity index (χ2v) is 3.89. The van der Waals surface area contributed by atoms with Gasteiger partial charge in [0.2, 0.25) is 11.8 Å². The second kappa shape index (κ2) is 6.00. The quantitative estimate of drug-likeness (QED) is 0.764. The van der Waals surface area contributed by atoms with Gasteiger partial charge < -0.3 is 16.0 Å². The molecule has 0 bridgehead atoms. The minimum absolute atomic E-state index is 0.0354. The number of carbonyl (C=O) groups is 2. The van der Waals surface area contributed by atoms with Crippen LogP contribution in [0.2, 0.25) is 0 Å². The Labute approximate surface area is 101 Å². The SMILES string of the molecule is CN(C)C(=O)CNC(=O)[C@H](N)c1ccccc1. The minimum atomic E-state index is -0.744. The third kappa shape index (κ3) is 3.88. The van der Waals surface area contributed by atoms with Crippen LogP contribution in [0.25, 0.3) is 0 Å². The lowest BCUT2D eigenvalue weighted by molar-refractivity contribution is -0.131. The third-order valence-electron chi connectivity index (χ3n) is 2.35. The zero-order valence-corrected chi connectivity index (χ0v) is 10.0. The topological polar surface area (TPSA) is 75.4 Å². The van der Waals surface area contributed by atoms with Gasteiger partial charge in [-0.15, -0.1) is 0 Å². The van der Waals surface area contributed by atoms with Gasteiger partial charge in [-0.05, 0) is 5.56 Å². The van der Waals surface area contributed by atoms with E-state index >= 15 is 0 Å². The van der Waals surface area contributed by atoms with Gasteiger partial charge in [0, 0.05) is 14.1 Å². The smallest absolute Gasteiger partial charge is 0.241 e. The van der Waals surface area contributed by atoms with Gasteiger partial charge in [0.15, 0.2) is 0 Å². The van der Waals surface area contributed by atoms with E-state index in [9.17, 15) is 9.59 Å². The summed E-state index contributed by atoms with van der Waals surface area (Å²) in [7, 11) is 3.26. The second-order valence-electron chi connectivity index (χ2n) is 3.89. The predicted octanol–water partition coefficient (Wildman–Crippen LogP) is -0.109. The highest BCUT2D eigenvalue weighted by atomic mass is 16.2. The van der Waals surface area contributed by atoms with E-state index in [1.165, 1.54) is 4.90 Å². The molecule has 0 saturated heterocycles. The maximum absolute atomic E-state index is 11.7. The molecule has 0 heterocycles.